The number of piperidine rings is 1. The molecule has 1 aromatic rings. The zero-order valence-corrected chi connectivity index (χ0v) is 13.6. The Bertz CT molecular complexity index is 569. The second kappa shape index (κ2) is 6.65. The van der Waals surface area contributed by atoms with Gasteiger partial charge in [-0.05, 0) is 36.5 Å². The van der Waals surface area contributed by atoms with Crippen LogP contribution in [0.2, 0.25) is 5.02 Å². The minimum Gasteiger partial charge on any atom is -0.486 e. The number of fused-ring (bicyclic) bond motifs is 1. The number of rotatable bonds is 2. The maximum atomic E-state index is 6.23. The van der Waals surface area contributed by atoms with E-state index in [1.807, 2.05) is 12.1 Å². The molecule has 0 aromatic heterocycles. The van der Waals surface area contributed by atoms with Crippen LogP contribution in [0.5, 0.6) is 11.5 Å². The summed E-state index contributed by atoms with van der Waals surface area (Å²) in [7, 11) is 0. The first-order chi connectivity index (χ1) is 10.6. The molecule has 120 valence electrons. The van der Waals surface area contributed by atoms with Crippen LogP contribution < -0.4 is 15.2 Å². The minimum absolute atomic E-state index is 0.494. The van der Waals surface area contributed by atoms with E-state index in [9.17, 15) is 0 Å². The summed E-state index contributed by atoms with van der Waals surface area (Å²) in [4.78, 5) is 6.65. The lowest BCUT2D eigenvalue weighted by Gasteiger charge is -2.31. The van der Waals surface area contributed by atoms with Crippen LogP contribution in [-0.4, -0.2) is 37.2 Å². The highest BCUT2D eigenvalue weighted by molar-refractivity contribution is 6.32. The Morgan fingerprint density at radius 3 is 2.82 bits per heavy atom. The van der Waals surface area contributed by atoms with Crippen molar-refractivity contribution in [2.75, 3.05) is 26.3 Å². The van der Waals surface area contributed by atoms with Crippen molar-refractivity contribution in [3.63, 3.8) is 0 Å². The normalized spacial score (nSPS) is 19.4. The Labute approximate surface area is 136 Å². The summed E-state index contributed by atoms with van der Waals surface area (Å²) in [5, 5.41) is 0.563. The Morgan fingerprint density at radius 2 is 2.05 bits per heavy atom. The molecule has 0 saturated carbocycles. The molecule has 1 aromatic carbocycles. The van der Waals surface area contributed by atoms with E-state index < -0.39 is 0 Å². The molecule has 2 N–H and O–H groups in total. The molecule has 0 radical (unpaired) electrons. The maximum Gasteiger partial charge on any atom is 0.191 e. The van der Waals surface area contributed by atoms with E-state index in [-0.39, 0.29) is 0 Å². The van der Waals surface area contributed by atoms with Crippen LogP contribution in [0.15, 0.2) is 17.1 Å². The van der Waals surface area contributed by atoms with Crippen LogP contribution in [0.3, 0.4) is 0 Å². The van der Waals surface area contributed by atoms with Crippen LogP contribution in [0.4, 0.5) is 0 Å². The monoisotopic (exact) mass is 323 g/mol. The third-order valence-electron chi connectivity index (χ3n) is 4.19. The van der Waals surface area contributed by atoms with Crippen LogP contribution in [0, 0.1) is 5.92 Å². The van der Waals surface area contributed by atoms with Gasteiger partial charge in [0, 0.05) is 13.1 Å². The Morgan fingerprint density at radius 1 is 1.32 bits per heavy atom. The second-order valence-corrected chi connectivity index (χ2v) is 6.35. The number of ether oxygens (including phenoxy) is 2. The van der Waals surface area contributed by atoms with Gasteiger partial charge in [-0.15, -0.1) is 0 Å². The van der Waals surface area contributed by atoms with Crippen molar-refractivity contribution < 1.29 is 9.47 Å². The molecule has 6 heteroatoms. The number of aliphatic imine (C=N–C) groups is 1. The summed E-state index contributed by atoms with van der Waals surface area (Å²) >= 11 is 6.23. The van der Waals surface area contributed by atoms with Crippen molar-refractivity contribution in [2.45, 2.75) is 26.3 Å². The molecule has 2 aliphatic rings. The fourth-order valence-corrected chi connectivity index (χ4v) is 3.05. The number of guanidine groups is 1. The molecular weight excluding hydrogens is 302 g/mol. The molecule has 0 aliphatic carbocycles. The predicted octanol–water partition coefficient (Wildman–Crippen LogP) is 2.66. The highest BCUT2D eigenvalue weighted by Gasteiger charge is 2.18. The molecule has 0 bridgehead atoms. The first-order valence-electron chi connectivity index (χ1n) is 7.76. The van der Waals surface area contributed by atoms with E-state index >= 15 is 0 Å². The molecule has 1 saturated heterocycles. The average Bonchev–Trinajstić information content (AvgIpc) is 2.53. The second-order valence-electron chi connectivity index (χ2n) is 5.95. The molecule has 0 unspecified atom stereocenters. The Hall–Kier alpha value is -1.62. The van der Waals surface area contributed by atoms with E-state index in [4.69, 9.17) is 26.8 Å². The van der Waals surface area contributed by atoms with Crippen molar-refractivity contribution in [2.24, 2.45) is 16.6 Å². The molecule has 2 heterocycles. The third kappa shape index (κ3) is 3.40. The van der Waals surface area contributed by atoms with Gasteiger partial charge >= 0.3 is 0 Å². The number of likely N-dealkylation sites (tertiary alicyclic amines) is 1. The van der Waals surface area contributed by atoms with E-state index in [1.165, 1.54) is 12.8 Å². The lowest BCUT2D eigenvalue weighted by atomic mass is 10.00. The quantitative estimate of drug-likeness (QED) is 0.671. The number of benzene rings is 1. The van der Waals surface area contributed by atoms with Crippen LogP contribution in [0.1, 0.15) is 25.3 Å². The van der Waals surface area contributed by atoms with Gasteiger partial charge in [-0.25, -0.2) is 4.99 Å². The Kier molecular flexibility index (Phi) is 4.62. The Balaban J connectivity index is 1.68. The molecular formula is C16H22ClN3O2. The topological polar surface area (TPSA) is 60.1 Å². The molecule has 3 rings (SSSR count). The van der Waals surface area contributed by atoms with Gasteiger partial charge in [-0.3, -0.25) is 0 Å². The molecule has 0 amide bonds. The van der Waals surface area contributed by atoms with Gasteiger partial charge in [-0.2, -0.15) is 0 Å². The number of nitrogens with two attached hydrogens (primary N) is 1. The summed E-state index contributed by atoms with van der Waals surface area (Å²) in [6.07, 6.45) is 2.35. The SMILES string of the molecule is CC1CCN(C(N)=NCc2cc(Cl)c3c(c2)OCCO3)CC1. The fourth-order valence-electron chi connectivity index (χ4n) is 2.77. The van der Waals surface area contributed by atoms with Crippen LogP contribution >= 0.6 is 11.6 Å². The molecule has 2 aliphatic heterocycles. The number of nitrogens with zero attached hydrogens (tertiary/aromatic N) is 2. The molecule has 0 atom stereocenters. The molecule has 22 heavy (non-hydrogen) atoms. The highest BCUT2D eigenvalue weighted by atomic mass is 35.5. The minimum atomic E-state index is 0.494. The van der Waals surface area contributed by atoms with Crippen molar-refractivity contribution in [3.8, 4) is 11.5 Å². The third-order valence-corrected chi connectivity index (χ3v) is 4.47. The first kappa shape index (κ1) is 15.3. The van der Waals surface area contributed by atoms with Gasteiger partial charge in [0.25, 0.3) is 0 Å². The standard InChI is InChI=1S/C16H22ClN3O2/c1-11-2-4-20(5-3-11)16(18)19-10-12-8-13(17)15-14(9-12)21-6-7-22-15/h8-9,11H,2-7,10H2,1H3,(H2,18,19). The summed E-state index contributed by atoms with van der Waals surface area (Å²) in [6, 6.07) is 3.79. The van der Waals surface area contributed by atoms with E-state index in [2.05, 4.69) is 16.8 Å². The zero-order valence-electron chi connectivity index (χ0n) is 12.8. The largest absolute Gasteiger partial charge is 0.486 e. The van der Waals surface area contributed by atoms with Crippen molar-refractivity contribution in [3.05, 3.63) is 22.7 Å². The maximum absolute atomic E-state index is 6.23. The van der Waals surface area contributed by atoms with Gasteiger partial charge < -0.3 is 20.1 Å². The van der Waals surface area contributed by atoms with Crippen molar-refractivity contribution in [1.29, 1.82) is 0 Å². The summed E-state index contributed by atoms with van der Waals surface area (Å²) in [6.45, 7) is 5.82. The van der Waals surface area contributed by atoms with Crippen LogP contribution in [0.25, 0.3) is 0 Å². The van der Waals surface area contributed by atoms with E-state index in [0.29, 0.717) is 42.2 Å². The smallest absolute Gasteiger partial charge is 0.191 e. The van der Waals surface area contributed by atoms with Gasteiger partial charge in [0.1, 0.15) is 13.2 Å². The lowest BCUT2D eigenvalue weighted by molar-refractivity contribution is 0.171. The van der Waals surface area contributed by atoms with E-state index in [1.54, 1.807) is 0 Å². The van der Waals surface area contributed by atoms with Crippen molar-refractivity contribution >= 4 is 17.6 Å². The summed E-state index contributed by atoms with van der Waals surface area (Å²) in [5.41, 5.74) is 7.08. The molecule has 5 nitrogen and oxygen atoms in total. The number of hydrogen-bond acceptors (Lipinski definition) is 3. The fraction of sp³-hybridized carbons (Fsp3) is 0.562. The predicted molar refractivity (Wildman–Crippen MR) is 87.7 cm³/mol. The summed E-state index contributed by atoms with van der Waals surface area (Å²) < 4.78 is 11.1. The number of halogens is 1. The van der Waals surface area contributed by atoms with Crippen LogP contribution in [-0.2, 0) is 6.54 Å². The van der Waals surface area contributed by atoms with Crippen molar-refractivity contribution in [1.82, 2.24) is 4.90 Å². The number of hydrogen-bond donors (Lipinski definition) is 1. The zero-order chi connectivity index (χ0) is 15.5. The summed E-state index contributed by atoms with van der Waals surface area (Å²) in [5.74, 6) is 2.70. The molecule has 1 fully saturated rings. The lowest BCUT2D eigenvalue weighted by Crippen LogP contribution is -2.42. The van der Waals surface area contributed by atoms with Gasteiger partial charge in [0.15, 0.2) is 17.5 Å². The highest BCUT2D eigenvalue weighted by Crippen LogP contribution is 2.38. The molecule has 0 spiro atoms. The van der Waals surface area contributed by atoms with Gasteiger partial charge in [0.05, 0.1) is 11.6 Å². The van der Waals surface area contributed by atoms with E-state index in [0.717, 1.165) is 24.6 Å². The van der Waals surface area contributed by atoms with Gasteiger partial charge in [0.2, 0.25) is 0 Å². The first-order valence-corrected chi connectivity index (χ1v) is 8.14. The van der Waals surface area contributed by atoms with Gasteiger partial charge in [-0.1, -0.05) is 18.5 Å². The average molecular weight is 324 g/mol.